The highest BCUT2D eigenvalue weighted by molar-refractivity contribution is 6.09. The van der Waals surface area contributed by atoms with E-state index in [0.29, 0.717) is 5.56 Å². The lowest BCUT2D eigenvalue weighted by Crippen LogP contribution is -2.32. The molecule has 0 fully saturated rings. The largest absolute Gasteiger partial charge is 0.480 e. The average Bonchev–Trinajstić information content (AvgIpc) is 2.65. The number of aliphatic carboxylic acids is 1. The summed E-state index contributed by atoms with van der Waals surface area (Å²) in [6, 6.07) is 5.72. The first-order valence-corrected chi connectivity index (χ1v) is 5.97. The molecule has 0 bridgehead atoms. The van der Waals surface area contributed by atoms with E-state index in [1.165, 1.54) is 11.9 Å². The third kappa shape index (κ3) is 2.31. The van der Waals surface area contributed by atoms with Gasteiger partial charge in [0.15, 0.2) is 0 Å². The van der Waals surface area contributed by atoms with E-state index in [4.69, 9.17) is 5.11 Å². The van der Waals surface area contributed by atoms with Gasteiger partial charge in [-0.1, -0.05) is 18.2 Å². The van der Waals surface area contributed by atoms with Crippen molar-refractivity contribution in [3.05, 3.63) is 35.0 Å². The van der Waals surface area contributed by atoms with Crippen LogP contribution in [-0.4, -0.2) is 40.5 Å². The van der Waals surface area contributed by atoms with Gasteiger partial charge in [0.25, 0.3) is 5.91 Å². The Labute approximate surface area is 110 Å². The van der Waals surface area contributed by atoms with Crippen molar-refractivity contribution in [2.45, 2.75) is 13.8 Å². The molecule has 5 nitrogen and oxygen atoms in total. The molecule has 1 aromatic carbocycles. The Morgan fingerprint density at radius 3 is 2.63 bits per heavy atom. The minimum Gasteiger partial charge on any atom is -0.480 e. The quantitative estimate of drug-likeness (QED) is 0.885. The summed E-state index contributed by atoms with van der Waals surface area (Å²) in [6.45, 7) is 3.48. The van der Waals surface area contributed by atoms with Gasteiger partial charge in [-0.3, -0.25) is 9.59 Å². The molecule has 0 saturated heterocycles. The van der Waals surface area contributed by atoms with Crippen LogP contribution < -0.4 is 0 Å². The van der Waals surface area contributed by atoms with Gasteiger partial charge in [-0.2, -0.15) is 0 Å². The molecule has 0 aliphatic rings. The van der Waals surface area contributed by atoms with Gasteiger partial charge in [0.1, 0.15) is 6.54 Å². The minimum atomic E-state index is -1.02. The number of nitrogens with zero attached hydrogens (tertiary/aromatic N) is 1. The fourth-order valence-electron chi connectivity index (χ4n) is 2.24. The molecular formula is C14H16N2O3. The summed E-state index contributed by atoms with van der Waals surface area (Å²) >= 11 is 0. The molecule has 1 amide bonds. The van der Waals surface area contributed by atoms with Crippen LogP contribution in [0.25, 0.3) is 10.9 Å². The summed E-state index contributed by atoms with van der Waals surface area (Å²) in [5, 5.41) is 9.59. The molecule has 0 spiro atoms. The van der Waals surface area contributed by atoms with Gasteiger partial charge in [-0.15, -0.1) is 0 Å². The summed E-state index contributed by atoms with van der Waals surface area (Å²) in [5.74, 6) is -1.30. The second-order valence-corrected chi connectivity index (χ2v) is 4.68. The van der Waals surface area contributed by atoms with Crippen LogP contribution in [-0.2, 0) is 4.79 Å². The van der Waals surface area contributed by atoms with Crippen molar-refractivity contribution in [3.8, 4) is 0 Å². The first-order valence-electron chi connectivity index (χ1n) is 5.97. The lowest BCUT2D eigenvalue weighted by Gasteiger charge is -2.14. The van der Waals surface area contributed by atoms with Crippen LogP contribution in [0.1, 0.15) is 21.6 Å². The molecule has 1 aromatic heterocycles. The van der Waals surface area contributed by atoms with Crippen molar-refractivity contribution < 1.29 is 14.7 Å². The van der Waals surface area contributed by atoms with Crippen LogP contribution in [0.4, 0.5) is 0 Å². The van der Waals surface area contributed by atoms with Crippen molar-refractivity contribution in [1.82, 2.24) is 9.88 Å². The van der Waals surface area contributed by atoms with Crippen LogP contribution in [0.3, 0.4) is 0 Å². The number of carboxylic acid groups (broad SMARTS) is 1. The maximum Gasteiger partial charge on any atom is 0.323 e. The van der Waals surface area contributed by atoms with Gasteiger partial charge in [-0.05, 0) is 19.4 Å². The van der Waals surface area contributed by atoms with Gasteiger partial charge >= 0.3 is 5.97 Å². The second kappa shape index (κ2) is 4.76. The van der Waals surface area contributed by atoms with Gasteiger partial charge in [-0.25, -0.2) is 0 Å². The van der Waals surface area contributed by atoms with Crippen LogP contribution in [0.2, 0.25) is 0 Å². The third-order valence-corrected chi connectivity index (χ3v) is 3.16. The number of nitrogens with one attached hydrogen (secondary N) is 1. The standard InChI is InChI=1S/C14H16N2O3/c1-8-5-4-6-10-12(9(2)15-13(8)10)14(19)16(3)7-11(17)18/h4-6,15H,7H2,1-3H3,(H,17,18). The molecule has 2 aromatic rings. The molecule has 2 N–H and O–H groups in total. The average molecular weight is 260 g/mol. The van der Waals surface area contributed by atoms with Gasteiger partial charge < -0.3 is 15.0 Å². The van der Waals surface area contributed by atoms with E-state index < -0.39 is 5.97 Å². The number of aromatic amines is 1. The van der Waals surface area contributed by atoms with Crippen LogP contribution in [0, 0.1) is 13.8 Å². The van der Waals surface area contributed by atoms with E-state index in [1.807, 2.05) is 32.0 Å². The number of H-pyrrole nitrogens is 1. The number of benzene rings is 1. The Bertz CT molecular complexity index is 658. The van der Waals surface area contributed by atoms with E-state index in [9.17, 15) is 9.59 Å². The lowest BCUT2D eigenvalue weighted by molar-refractivity contribution is -0.137. The van der Waals surface area contributed by atoms with Crippen molar-refractivity contribution in [1.29, 1.82) is 0 Å². The van der Waals surface area contributed by atoms with E-state index in [0.717, 1.165) is 22.2 Å². The van der Waals surface area contributed by atoms with Crippen molar-refractivity contribution >= 4 is 22.8 Å². The Morgan fingerprint density at radius 2 is 2.00 bits per heavy atom. The number of fused-ring (bicyclic) bond motifs is 1. The fourth-order valence-corrected chi connectivity index (χ4v) is 2.24. The Hall–Kier alpha value is -2.30. The zero-order chi connectivity index (χ0) is 14.2. The molecule has 0 aliphatic carbocycles. The smallest absolute Gasteiger partial charge is 0.323 e. The molecule has 0 unspecified atom stereocenters. The number of carbonyl (C=O) groups is 2. The number of hydrogen-bond acceptors (Lipinski definition) is 2. The Kier molecular flexibility index (Phi) is 3.29. The SMILES string of the molecule is Cc1[nH]c2c(C)cccc2c1C(=O)N(C)CC(=O)O. The molecule has 0 aliphatic heterocycles. The highest BCUT2D eigenvalue weighted by Crippen LogP contribution is 2.25. The molecule has 2 rings (SSSR count). The number of aryl methyl sites for hydroxylation is 2. The monoisotopic (exact) mass is 260 g/mol. The molecule has 0 atom stereocenters. The van der Waals surface area contributed by atoms with Gasteiger partial charge in [0.05, 0.1) is 5.56 Å². The minimum absolute atomic E-state index is 0.281. The maximum atomic E-state index is 12.3. The zero-order valence-electron chi connectivity index (χ0n) is 11.2. The number of aromatic nitrogens is 1. The molecule has 5 heteroatoms. The second-order valence-electron chi connectivity index (χ2n) is 4.68. The molecule has 1 heterocycles. The predicted molar refractivity (Wildman–Crippen MR) is 72.4 cm³/mol. The van der Waals surface area contributed by atoms with E-state index >= 15 is 0 Å². The summed E-state index contributed by atoms with van der Waals surface area (Å²) in [5.41, 5.74) is 3.28. The molecule has 100 valence electrons. The van der Waals surface area contributed by atoms with E-state index in [1.54, 1.807) is 0 Å². The normalized spacial score (nSPS) is 10.7. The fraction of sp³-hybridized carbons (Fsp3) is 0.286. The van der Waals surface area contributed by atoms with Crippen LogP contribution in [0.5, 0.6) is 0 Å². The number of hydrogen-bond donors (Lipinski definition) is 2. The van der Waals surface area contributed by atoms with Crippen LogP contribution in [0.15, 0.2) is 18.2 Å². The molecule has 19 heavy (non-hydrogen) atoms. The number of likely N-dealkylation sites (N-methyl/N-ethyl adjacent to an activating group) is 1. The number of carboxylic acids is 1. The van der Waals surface area contributed by atoms with Gasteiger partial charge in [0.2, 0.25) is 0 Å². The first-order chi connectivity index (χ1) is 8.91. The summed E-state index contributed by atoms with van der Waals surface area (Å²) in [6.07, 6.45) is 0. The summed E-state index contributed by atoms with van der Waals surface area (Å²) in [7, 11) is 1.49. The molecular weight excluding hydrogens is 244 g/mol. The highest BCUT2D eigenvalue weighted by atomic mass is 16.4. The molecule has 0 saturated carbocycles. The van der Waals surface area contributed by atoms with E-state index in [-0.39, 0.29) is 12.5 Å². The Balaban J connectivity index is 2.50. The number of para-hydroxylation sites is 1. The first kappa shape index (κ1) is 13.1. The van der Waals surface area contributed by atoms with Gasteiger partial charge in [0, 0.05) is 23.6 Å². The van der Waals surface area contributed by atoms with Crippen molar-refractivity contribution in [3.63, 3.8) is 0 Å². The number of amides is 1. The summed E-state index contributed by atoms with van der Waals surface area (Å²) < 4.78 is 0. The number of rotatable bonds is 3. The lowest BCUT2D eigenvalue weighted by atomic mass is 10.1. The Morgan fingerprint density at radius 1 is 1.32 bits per heavy atom. The van der Waals surface area contributed by atoms with E-state index in [2.05, 4.69) is 4.98 Å². The third-order valence-electron chi connectivity index (χ3n) is 3.16. The zero-order valence-corrected chi connectivity index (χ0v) is 11.2. The topological polar surface area (TPSA) is 73.4 Å². The maximum absolute atomic E-state index is 12.3. The number of carbonyl (C=O) groups excluding carboxylic acids is 1. The van der Waals surface area contributed by atoms with Crippen molar-refractivity contribution in [2.75, 3.05) is 13.6 Å². The van der Waals surface area contributed by atoms with Crippen LogP contribution >= 0.6 is 0 Å². The predicted octanol–water partition coefficient (Wildman–Crippen LogP) is 1.94. The summed E-state index contributed by atoms with van der Waals surface area (Å²) in [4.78, 5) is 27.4. The molecule has 0 radical (unpaired) electrons. The van der Waals surface area contributed by atoms with Crippen molar-refractivity contribution in [2.24, 2.45) is 0 Å². The highest BCUT2D eigenvalue weighted by Gasteiger charge is 2.21.